The van der Waals surface area contributed by atoms with Crippen molar-refractivity contribution in [1.29, 1.82) is 0 Å². The maximum atomic E-state index is 12.7. The lowest BCUT2D eigenvalue weighted by molar-refractivity contribution is 0.0940. The van der Waals surface area contributed by atoms with E-state index in [2.05, 4.69) is 39.8 Å². The highest BCUT2D eigenvalue weighted by atomic mass is 16.5. The van der Waals surface area contributed by atoms with Crippen molar-refractivity contribution in [2.45, 2.75) is 38.3 Å². The van der Waals surface area contributed by atoms with Gasteiger partial charge in [0.25, 0.3) is 5.91 Å². The fraction of sp³-hybridized carbons (Fsp3) is 0.345. The lowest BCUT2D eigenvalue weighted by atomic mass is 10.0. The Balaban J connectivity index is 1.21. The molecule has 1 aliphatic heterocycles. The first kappa shape index (κ1) is 23.8. The molecule has 0 unspecified atom stereocenters. The third-order valence-electron chi connectivity index (χ3n) is 6.64. The topological polar surface area (TPSA) is 53.6 Å². The number of carbonyl (C=O) groups is 1. The van der Waals surface area contributed by atoms with Crippen LogP contribution in [0, 0.1) is 0 Å². The van der Waals surface area contributed by atoms with Crippen molar-refractivity contribution in [1.82, 2.24) is 10.6 Å². The number of carbonyl (C=O) groups excluding carboxylic acids is 1. The summed E-state index contributed by atoms with van der Waals surface area (Å²) in [5.74, 6) is 0.863. The summed E-state index contributed by atoms with van der Waals surface area (Å²) in [6.07, 6.45) is 3.27. The Kier molecular flexibility index (Phi) is 8.21. The number of anilines is 1. The molecule has 34 heavy (non-hydrogen) atoms. The van der Waals surface area contributed by atoms with Crippen LogP contribution in [0.1, 0.15) is 47.3 Å². The highest BCUT2D eigenvalue weighted by Crippen LogP contribution is 2.21. The molecule has 178 valence electrons. The van der Waals surface area contributed by atoms with Gasteiger partial charge in [-0.1, -0.05) is 42.5 Å². The lowest BCUT2D eigenvalue weighted by Crippen LogP contribution is -2.43. The van der Waals surface area contributed by atoms with E-state index < -0.39 is 0 Å². The van der Waals surface area contributed by atoms with E-state index in [0.29, 0.717) is 11.6 Å². The molecule has 1 heterocycles. The third kappa shape index (κ3) is 6.39. The molecule has 1 atom stereocenters. The number of rotatable bonds is 9. The Morgan fingerprint density at radius 2 is 1.65 bits per heavy atom. The first-order chi connectivity index (χ1) is 16.6. The predicted octanol–water partition coefficient (Wildman–Crippen LogP) is 4.99. The fourth-order valence-corrected chi connectivity index (χ4v) is 4.48. The summed E-state index contributed by atoms with van der Waals surface area (Å²) in [5, 5.41) is 6.80. The van der Waals surface area contributed by atoms with Crippen molar-refractivity contribution in [2.24, 2.45) is 0 Å². The van der Waals surface area contributed by atoms with Crippen molar-refractivity contribution in [3.8, 4) is 5.75 Å². The zero-order valence-electron chi connectivity index (χ0n) is 20.2. The highest BCUT2D eigenvalue weighted by Gasteiger charge is 2.19. The van der Waals surface area contributed by atoms with E-state index in [1.807, 2.05) is 61.5 Å². The second-order valence-electron chi connectivity index (χ2n) is 8.97. The van der Waals surface area contributed by atoms with Gasteiger partial charge < -0.3 is 20.3 Å². The molecule has 0 bridgehead atoms. The fourth-order valence-electron chi connectivity index (χ4n) is 4.48. The zero-order valence-corrected chi connectivity index (χ0v) is 20.2. The minimum atomic E-state index is -0.0392. The van der Waals surface area contributed by atoms with Crippen molar-refractivity contribution < 1.29 is 9.53 Å². The first-order valence-electron chi connectivity index (χ1n) is 12.2. The van der Waals surface area contributed by atoms with E-state index in [4.69, 9.17) is 4.74 Å². The van der Waals surface area contributed by atoms with Gasteiger partial charge >= 0.3 is 0 Å². The maximum Gasteiger partial charge on any atom is 0.251 e. The minimum Gasteiger partial charge on any atom is -0.497 e. The first-order valence-corrected chi connectivity index (χ1v) is 12.2. The number of ether oxygens (including phenoxy) is 1. The Morgan fingerprint density at radius 3 is 2.29 bits per heavy atom. The maximum absolute atomic E-state index is 12.7. The van der Waals surface area contributed by atoms with Crippen molar-refractivity contribution >= 4 is 11.6 Å². The van der Waals surface area contributed by atoms with Gasteiger partial charge in [-0.25, -0.2) is 0 Å². The highest BCUT2D eigenvalue weighted by molar-refractivity contribution is 5.94. The zero-order chi connectivity index (χ0) is 23.8. The quantitative estimate of drug-likeness (QED) is 0.475. The number of hydrogen-bond donors (Lipinski definition) is 2. The molecule has 5 heteroatoms. The molecule has 0 spiro atoms. The molecule has 0 aliphatic carbocycles. The van der Waals surface area contributed by atoms with E-state index in [0.717, 1.165) is 50.2 Å². The molecule has 4 rings (SSSR count). The number of nitrogens with zero attached hydrogens (tertiary/aromatic N) is 1. The molecule has 5 nitrogen and oxygen atoms in total. The Labute approximate surface area is 203 Å². The van der Waals surface area contributed by atoms with Crippen LogP contribution in [0.5, 0.6) is 5.75 Å². The van der Waals surface area contributed by atoms with Crippen molar-refractivity contribution in [3.05, 3.63) is 95.6 Å². The summed E-state index contributed by atoms with van der Waals surface area (Å²) in [7, 11) is 1.70. The van der Waals surface area contributed by atoms with E-state index in [1.165, 1.54) is 11.3 Å². The summed E-state index contributed by atoms with van der Waals surface area (Å²) in [6.45, 7) is 5.05. The number of methoxy groups -OCH3 is 1. The normalized spacial score (nSPS) is 15.1. The minimum absolute atomic E-state index is 0.0235. The van der Waals surface area contributed by atoms with Gasteiger partial charge in [0.05, 0.1) is 13.2 Å². The van der Waals surface area contributed by atoms with Gasteiger partial charge in [0.15, 0.2) is 0 Å². The molecule has 0 saturated carbocycles. The van der Waals surface area contributed by atoms with Crippen LogP contribution in [-0.4, -0.2) is 38.7 Å². The number of benzene rings is 3. The van der Waals surface area contributed by atoms with Gasteiger partial charge in [-0.2, -0.15) is 0 Å². The third-order valence-corrected chi connectivity index (χ3v) is 6.64. The number of hydrogen-bond acceptors (Lipinski definition) is 4. The molecular formula is C29H35N3O2. The molecular weight excluding hydrogens is 422 g/mol. The Hall–Kier alpha value is -3.31. The molecule has 1 saturated heterocycles. The number of amides is 1. The second-order valence-corrected chi connectivity index (χ2v) is 8.97. The van der Waals surface area contributed by atoms with E-state index in [9.17, 15) is 4.79 Å². The van der Waals surface area contributed by atoms with Gasteiger partial charge in [0.2, 0.25) is 0 Å². The van der Waals surface area contributed by atoms with Crippen molar-refractivity contribution in [3.63, 3.8) is 0 Å². The number of piperidine rings is 1. The molecule has 3 aromatic rings. The van der Waals surface area contributed by atoms with Gasteiger partial charge in [-0.05, 0) is 80.3 Å². The summed E-state index contributed by atoms with van der Waals surface area (Å²) >= 11 is 0. The van der Waals surface area contributed by atoms with E-state index in [-0.39, 0.29) is 11.9 Å². The largest absolute Gasteiger partial charge is 0.497 e. The van der Waals surface area contributed by atoms with Crippen LogP contribution in [0.25, 0.3) is 0 Å². The molecule has 1 amide bonds. The van der Waals surface area contributed by atoms with Crippen LogP contribution in [0.4, 0.5) is 5.69 Å². The predicted molar refractivity (Wildman–Crippen MR) is 139 cm³/mol. The Bertz CT molecular complexity index is 1030. The average Bonchev–Trinajstić information content (AvgIpc) is 2.90. The van der Waals surface area contributed by atoms with Gasteiger partial charge in [0, 0.05) is 30.4 Å². The average molecular weight is 458 g/mol. The van der Waals surface area contributed by atoms with Crippen LogP contribution < -0.4 is 20.3 Å². The Morgan fingerprint density at radius 1 is 0.971 bits per heavy atom. The van der Waals surface area contributed by atoms with E-state index >= 15 is 0 Å². The van der Waals surface area contributed by atoms with Gasteiger partial charge in [0.1, 0.15) is 5.75 Å². The van der Waals surface area contributed by atoms with Crippen molar-refractivity contribution in [2.75, 3.05) is 31.6 Å². The summed E-state index contributed by atoms with van der Waals surface area (Å²) < 4.78 is 5.23. The van der Waals surface area contributed by atoms with Crippen LogP contribution >= 0.6 is 0 Å². The molecule has 0 aromatic heterocycles. The summed E-state index contributed by atoms with van der Waals surface area (Å²) in [4.78, 5) is 15.1. The van der Waals surface area contributed by atoms with Crippen LogP contribution in [0.3, 0.4) is 0 Å². The van der Waals surface area contributed by atoms with Gasteiger partial charge in [-0.15, -0.1) is 0 Å². The SMILES string of the molecule is COc1ccc(CCNC2CCN(c3ccc(C(=O)N[C@@H](C)c4ccccc4)cc3)CC2)cc1. The van der Waals surface area contributed by atoms with Gasteiger partial charge in [-0.3, -0.25) is 4.79 Å². The second kappa shape index (κ2) is 11.7. The molecule has 2 N–H and O–H groups in total. The molecule has 0 radical (unpaired) electrons. The standard InChI is InChI=1S/C29H35N3O2/c1-22(24-6-4-3-5-7-24)31-29(33)25-10-12-27(13-11-25)32-20-17-26(18-21-32)30-19-16-23-8-14-28(34-2)15-9-23/h3-15,22,26,30H,16-21H2,1-2H3,(H,31,33)/t22-/m0/s1. The molecule has 1 aliphatic rings. The molecule has 1 fully saturated rings. The van der Waals surface area contributed by atoms with Crippen LogP contribution in [0.2, 0.25) is 0 Å². The smallest absolute Gasteiger partial charge is 0.251 e. The lowest BCUT2D eigenvalue weighted by Gasteiger charge is -2.34. The molecule has 3 aromatic carbocycles. The summed E-state index contributed by atoms with van der Waals surface area (Å²) in [5.41, 5.74) is 4.31. The van der Waals surface area contributed by atoms with Crippen LogP contribution in [-0.2, 0) is 6.42 Å². The van der Waals surface area contributed by atoms with E-state index in [1.54, 1.807) is 7.11 Å². The number of nitrogens with one attached hydrogen (secondary N) is 2. The summed E-state index contributed by atoms with van der Waals surface area (Å²) in [6, 6.07) is 26.9. The van der Waals surface area contributed by atoms with Crippen LogP contribution in [0.15, 0.2) is 78.9 Å². The monoisotopic (exact) mass is 457 g/mol.